The van der Waals surface area contributed by atoms with E-state index in [2.05, 4.69) is 29.2 Å². The summed E-state index contributed by atoms with van der Waals surface area (Å²) in [5.74, 6) is -0.189. The number of benzene rings is 2. The fourth-order valence-corrected chi connectivity index (χ4v) is 4.54. The minimum absolute atomic E-state index is 0.00273. The summed E-state index contributed by atoms with van der Waals surface area (Å²) >= 11 is 0. The highest BCUT2D eigenvalue weighted by molar-refractivity contribution is 6.17. The minimum Gasteiger partial charge on any atom is -0.320 e. The van der Waals surface area contributed by atoms with Gasteiger partial charge in [-0.05, 0) is 57.7 Å². The monoisotopic (exact) mass is 406 g/mol. The van der Waals surface area contributed by atoms with E-state index < -0.39 is 0 Å². The number of amides is 2. The summed E-state index contributed by atoms with van der Waals surface area (Å²) < 4.78 is 0. The number of likely N-dealkylation sites (tertiary alicyclic amines) is 1. The van der Waals surface area contributed by atoms with Gasteiger partial charge in [0, 0.05) is 12.6 Å². The molecule has 158 valence electrons. The first-order chi connectivity index (χ1) is 14.5. The number of para-hydroxylation sites is 3. The van der Waals surface area contributed by atoms with Crippen LogP contribution >= 0.6 is 0 Å². The summed E-state index contributed by atoms with van der Waals surface area (Å²) in [6.07, 6.45) is 4.64. The molecule has 0 bridgehead atoms. The molecule has 1 saturated heterocycles. The van der Waals surface area contributed by atoms with Gasteiger partial charge in [0.2, 0.25) is 5.91 Å². The topological polar surface area (TPSA) is 55.9 Å². The molecule has 2 aromatic rings. The first kappa shape index (κ1) is 20.6. The molecule has 30 heavy (non-hydrogen) atoms. The van der Waals surface area contributed by atoms with E-state index >= 15 is 0 Å². The fraction of sp³-hybridized carbons (Fsp3) is 0.417. The number of nitrogens with zero attached hydrogens (tertiary/aromatic N) is 3. The zero-order valence-corrected chi connectivity index (χ0v) is 17.8. The number of anilines is 3. The Labute approximate surface area is 178 Å². The molecule has 6 nitrogen and oxygen atoms in total. The highest BCUT2D eigenvalue weighted by atomic mass is 16.2. The largest absolute Gasteiger partial charge is 0.320 e. The third kappa shape index (κ3) is 4.25. The predicted molar refractivity (Wildman–Crippen MR) is 120 cm³/mol. The van der Waals surface area contributed by atoms with E-state index in [1.807, 2.05) is 42.5 Å². The Morgan fingerprint density at radius 3 is 2.57 bits per heavy atom. The van der Waals surface area contributed by atoms with Gasteiger partial charge in [-0.15, -0.1) is 0 Å². The number of fused-ring (bicyclic) bond motifs is 2. The third-order valence-corrected chi connectivity index (χ3v) is 5.95. The van der Waals surface area contributed by atoms with Crippen molar-refractivity contribution in [3.63, 3.8) is 0 Å². The summed E-state index contributed by atoms with van der Waals surface area (Å²) in [6.45, 7) is 2.22. The van der Waals surface area contributed by atoms with Gasteiger partial charge in [0.15, 0.2) is 0 Å². The van der Waals surface area contributed by atoms with Crippen LogP contribution in [0.3, 0.4) is 0 Å². The molecule has 2 heterocycles. The molecule has 0 aliphatic carbocycles. The van der Waals surface area contributed by atoms with Crippen molar-refractivity contribution in [1.29, 1.82) is 0 Å². The average molecular weight is 407 g/mol. The Morgan fingerprint density at radius 1 is 1.03 bits per heavy atom. The molecule has 0 aromatic heterocycles. The van der Waals surface area contributed by atoms with E-state index in [0.29, 0.717) is 29.5 Å². The van der Waals surface area contributed by atoms with Gasteiger partial charge in [-0.1, -0.05) is 37.1 Å². The van der Waals surface area contributed by atoms with Crippen molar-refractivity contribution >= 4 is 28.9 Å². The number of hydrogen-bond acceptors (Lipinski definition) is 4. The molecular weight excluding hydrogens is 376 g/mol. The molecule has 4 rings (SSSR count). The summed E-state index contributed by atoms with van der Waals surface area (Å²) in [5, 5.41) is 2.96. The van der Waals surface area contributed by atoms with Crippen LogP contribution in [0.2, 0.25) is 0 Å². The Hall–Kier alpha value is -2.70. The van der Waals surface area contributed by atoms with E-state index in [1.165, 1.54) is 12.8 Å². The van der Waals surface area contributed by atoms with Crippen molar-refractivity contribution in [1.82, 2.24) is 9.80 Å². The Morgan fingerprint density at radius 2 is 1.77 bits per heavy atom. The third-order valence-electron chi connectivity index (χ3n) is 5.95. The van der Waals surface area contributed by atoms with Gasteiger partial charge in [0.05, 0.1) is 29.2 Å². The Kier molecular flexibility index (Phi) is 6.16. The molecule has 0 saturated carbocycles. The van der Waals surface area contributed by atoms with Crippen molar-refractivity contribution in [3.8, 4) is 0 Å². The lowest BCUT2D eigenvalue weighted by Gasteiger charge is -2.33. The number of rotatable bonds is 4. The van der Waals surface area contributed by atoms with Crippen LogP contribution in [-0.2, 0) is 4.79 Å². The maximum atomic E-state index is 13.7. The summed E-state index contributed by atoms with van der Waals surface area (Å²) in [6, 6.07) is 15.2. The Bertz CT molecular complexity index is 927. The second-order valence-electron chi connectivity index (χ2n) is 8.45. The number of carbonyl (C=O) groups is 2. The van der Waals surface area contributed by atoms with Crippen molar-refractivity contribution in [2.45, 2.75) is 31.7 Å². The smallest absolute Gasteiger partial charge is 0.257 e. The van der Waals surface area contributed by atoms with Gasteiger partial charge in [-0.25, -0.2) is 0 Å². The quantitative estimate of drug-likeness (QED) is 0.841. The predicted octanol–water partition coefficient (Wildman–Crippen LogP) is 3.72. The molecule has 0 spiro atoms. The van der Waals surface area contributed by atoms with E-state index in [9.17, 15) is 9.59 Å². The normalized spacial score (nSPS) is 19.5. The average Bonchev–Trinajstić information content (AvgIpc) is 3.01. The molecule has 1 atom stereocenters. The van der Waals surface area contributed by atoms with Crippen LogP contribution in [0.15, 0.2) is 48.5 Å². The minimum atomic E-state index is -0.186. The maximum absolute atomic E-state index is 13.7. The van der Waals surface area contributed by atoms with Gasteiger partial charge < -0.3 is 10.2 Å². The van der Waals surface area contributed by atoms with Crippen molar-refractivity contribution in [3.05, 3.63) is 54.1 Å². The van der Waals surface area contributed by atoms with Crippen LogP contribution in [0.1, 0.15) is 36.0 Å². The zero-order chi connectivity index (χ0) is 21.1. The van der Waals surface area contributed by atoms with Gasteiger partial charge in [-0.3, -0.25) is 19.4 Å². The van der Waals surface area contributed by atoms with Gasteiger partial charge in [-0.2, -0.15) is 0 Å². The lowest BCUT2D eigenvalue weighted by Crippen LogP contribution is -2.47. The van der Waals surface area contributed by atoms with E-state index in [0.717, 1.165) is 31.6 Å². The van der Waals surface area contributed by atoms with Crippen LogP contribution in [0.5, 0.6) is 0 Å². The van der Waals surface area contributed by atoms with Crippen molar-refractivity contribution in [2.24, 2.45) is 0 Å². The second kappa shape index (κ2) is 8.98. The molecule has 2 aromatic carbocycles. The second-order valence-corrected chi connectivity index (χ2v) is 8.45. The number of carbonyl (C=O) groups excluding carboxylic acids is 2. The summed E-state index contributed by atoms with van der Waals surface area (Å²) in [7, 11) is 4.17. The number of hydrogen-bond donors (Lipinski definition) is 1. The highest BCUT2D eigenvalue weighted by Crippen LogP contribution is 2.38. The van der Waals surface area contributed by atoms with E-state index in [1.54, 1.807) is 11.0 Å². The van der Waals surface area contributed by atoms with Crippen molar-refractivity contribution in [2.75, 3.05) is 43.9 Å². The maximum Gasteiger partial charge on any atom is 0.257 e. The molecule has 0 radical (unpaired) electrons. The molecule has 1 unspecified atom stereocenters. The first-order valence-electron chi connectivity index (χ1n) is 10.8. The van der Waals surface area contributed by atoms with Crippen LogP contribution in [0.25, 0.3) is 0 Å². The molecule has 1 fully saturated rings. The number of likely N-dealkylation sites (N-methyl/N-ethyl adjacent to an activating group) is 1. The van der Waals surface area contributed by atoms with Gasteiger partial charge in [0.25, 0.3) is 5.91 Å². The molecule has 1 N–H and O–H groups in total. The Balaban J connectivity index is 1.69. The van der Waals surface area contributed by atoms with E-state index in [4.69, 9.17) is 0 Å². The molecule has 2 aliphatic rings. The lowest BCUT2D eigenvalue weighted by atomic mass is 10.1. The van der Waals surface area contributed by atoms with Crippen LogP contribution in [0.4, 0.5) is 17.1 Å². The van der Waals surface area contributed by atoms with Gasteiger partial charge in [0.1, 0.15) is 0 Å². The van der Waals surface area contributed by atoms with Crippen LogP contribution < -0.4 is 10.2 Å². The molecule has 2 aliphatic heterocycles. The lowest BCUT2D eigenvalue weighted by molar-refractivity contribution is -0.119. The molecular formula is C24H30N4O2. The fourth-order valence-electron chi connectivity index (χ4n) is 4.54. The van der Waals surface area contributed by atoms with Crippen LogP contribution in [0, 0.1) is 0 Å². The molecule has 6 heteroatoms. The standard InChI is InChI=1S/C24H30N4O2/c1-26(2)16-18-10-4-3-9-15-27(18)17-23(29)28-21-13-7-5-11-19(21)24(30)25-20-12-6-8-14-22(20)28/h5-8,11-14,18H,3-4,9-10,15-17H2,1-2H3,(H,25,30). The molecule has 2 amide bonds. The van der Waals surface area contributed by atoms with E-state index in [-0.39, 0.29) is 11.8 Å². The highest BCUT2D eigenvalue weighted by Gasteiger charge is 2.31. The first-order valence-corrected chi connectivity index (χ1v) is 10.8. The summed E-state index contributed by atoms with van der Waals surface area (Å²) in [5.41, 5.74) is 2.54. The zero-order valence-electron chi connectivity index (χ0n) is 17.8. The SMILES string of the molecule is CN(C)CC1CCCCCN1CC(=O)N1c2ccccc2NC(=O)c2ccccc21. The van der Waals surface area contributed by atoms with Gasteiger partial charge >= 0.3 is 0 Å². The summed E-state index contributed by atoms with van der Waals surface area (Å²) in [4.78, 5) is 32.8. The number of nitrogens with one attached hydrogen (secondary N) is 1. The van der Waals surface area contributed by atoms with Crippen molar-refractivity contribution < 1.29 is 9.59 Å². The van der Waals surface area contributed by atoms with Crippen LogP contribution in [-0.4, -0.2) is 61.4 Å².